The molecule has 122 valence electrons. The Morgan fingerprint density at radius 3 is 2.68 bits per heavy atom. The smallest absolute Gasteiger partial charge is 0.0581 e. The van der Waals surface area contributed by atoms with Crippen LogP contribution in [0.2, 0.25) is 0 Å². The highest BCUT2D eigenvalue weighted by Gasteiger charge is 2.57. The molecule has 2 saturated carbocycles. The maximum atomic E-state index is 4.30. The van der Waals surface area contributed by atoms with Crippen molar-refractivity contribution in [1.29, 1.82) is 0 Å². The van der Waals surface area contributed by atoms with Crippen molar-refractivity contribution in [3.05, 3.63) is 24.4 Å². The number of rotatable bonds is 0. The van der Waals surface area contributed by atoms with Gasteiger partial charge in [0.25, 0.3) is 0 Å². The molecule has 0 aromatic heterocycles. The van der Waals surface area contributed by atoms with Crippen molar-refractivity contribution in [1.82, 2.24) is 4.90 Å². The van der Waals surface area contributed by atoms with Crippen molar-refractivity contribution in [3.63, 3.8) is 0 Å². The standard InChI is InChI=1S/C21H33N/c1-14-6-8-18-16-11-13-21(4)19(9-7-15(2)22(21)5)17(16)10-12-20(14,18)3/h11,13-14,16-19H,2,6-10,12H2,1,3-5H3. The Hall–Kier alpha value is -0.720. The fourth-order valence-electron chi connectivity index (χ4n) is 6.79. The van der Waals surface area contributed by atoms with Crippen LogP contribution in [0.5, 0.6) is 0 Å². The molecule has 0 bridgehead atoms. The van der Waals surface area contributed by atoms with E-state index in [9.17, 15) is 0 Å². The van der Waals surface area contributed by atoms with E-state index in [2.05, 4.69) is 51.4 Å². The van der Waals surface area contributed by atoms with Gasteiger partial charge < -0.3 is 4.90 Å². The van der Waals surface area contributed by atoms with Crippen LogP contribution in [0.15, 0.2) is 24.4 Å². The average Bonchev–Trinajstić information content (AvgIpc) is 2.80. The molecule has 22 heavy (non-hydrogen) atoms. The molecule has 0 radical (unpaired) electrons. The summed E-state index contributed by atoms with van der Waals surface area (Å²) >= 11 is 0. The minimum Gasteiger partial charge on any atom is -0.369 e. The summed E-state index contributed by atoms with van der Waals surface area (Å²) in [4.78, 5) is 2.49. The predicted molar refractivity (Wildman–Crippen MR) is 93.4 cm³/mol. The van der Waals surface area contributed by atoms with E-state index in [1.54, 1.807) is 0 Å². The van der Waals surface area contributed by atoms with Crippen LogP contribution in [0, 0.1) is 35.0 Å². The van der Waals surface area contributed by atoms with Gasteiger partial charge in [-0.1, -0.05) is 32.6 Å². The van der Waals surface area contributed by atoms with E-state index in [4.69, 9.17) is 0 Å². The summed E-state index contributed by atoms with van der Waals surface area (Å²) in [6, 6.07) is 0. The number of hydrogen-bond donors (Lipinski definition) is 0. The lowest BCUT2D eigenvalue weighted by Gasteiger charge is -2.59. The van der Waals surface area contributed by atoms with Crippen LogP contribution in [0.4, 0.5) is 0 Å². The molecular formula is C21H33N. The largest absolute Gasteiger partial charge is 0.369 e. The Morgan fingerprint density at radius 1 is 1.14 bits per heavy atom. The first kappa shape index (κ1) is 14.8. The molecule has 4 rings (SSSR count). The van der Waals surface area contributed by atoms with Crippen molar-refractivity contribution in [2.24, 2.45) is 35.0 Å². The lowest BCUT2D eigenvalue weighted by molar-refractivity contribution is -0.0384. The van der Waals surface area contributed by atoms with Crippen LogP contribution < -0.4 is 0 Å². The van der Waals surface area contributed by atoms with Gasteiger partial charge >= 0.3 is 0 Å². The van der Waals surface area contributed by atoms with E-state index in [-0.39, 0.29) is 5.54 Å². The van der Waals surface area contributed by atoms with Crippen LogP contribution >= 0.6 is 0 Å². The Kier molecular flexibility index (Phi) is 3.14. The van der Waals surface area contributed by atoms with Gasteiger partial charge in [0, 0.05) is 12.7 Å². The number of piperidine rings is 1. The highest BCUT2D eigenvalue weighted by molar-refractivity contribution is 5.25. The lowest BCUT2D eigenvalue weighted by Crippen LogP contribution is -2.58. The van der Waals surface area contributed by atoms with Crippen molar-refractivity contribution in [3.8, 4) is 0 Å². The highest BCUT2D eigenvalue weighted by Crippen LogP contribution is 2.63. The van der Waals surface area contributed by atoms with Gasteiger partial charge in [0.2, 0.25) is 0 Å². The van der Waals surface area contributed by atoms with Crippen LogP contribution in [0.1, 0.15) is 59.3 Å². The first-order valence-electron chi connectivity index (χ1n) is 9.49. The molecule has 7 atom stereocenters. The Bertz CT molecular complexity index is 520. The zero-order valence-corrected chi connectivity index (χ0v) is 14.9. The molecule has 0 amide bonds. The van der Waals surface area contributed by atoms with Gasteiger partial charge in [-0.15, -0.1) is 0 Å². The molecule has 0 spiro atoms. The number of fused-ring (bicyclic) bond motifs is 5. The first-order valence-corrected chi connectivity index (χ1v) is 9.49. The van der Waals surface area contributed by atoms with Crippen molar-refractivity contribution < 1.29 is 0 Å². The van der Waals surface area contributed by atoms with Gasteiger partial charge in [0.1, 0.15) is 0 Å². The molecule has 3 aliphatic carbocycles. The normalized spacial score (nSPS) is 53.9. The van der Waals surface area contributed by atoms with Gasteiger partial charge in [-0.05, 0) is 80.5 Å². The van der Waals surface area contributed by atoms with Gasteiger partial charge in [-0.2, -0.15) is 0 Å². The molecule has 0 N–H and O–H groups in total. The van der Waals surface area contributed by atoms with Gasteiger partial charge in [-0.3, -0.25) is 0 Å². The SMILES string of the molecule is C=C1CCC2C3CCC4(C)C(C)CCC4C3C=CC2(C)N1C. The second kappa shape index (κ2) is 4.65. The van der Waals surface area contributed by atoms with E-state index in [1.807, 2.05) is 0 Å². The summed E-state index contributed by atoms with van der Waals surface area (Å²) in [6.45, 7) is 11.9. The third kappa shape index (κ3) is 1.72. The molecule has 0 aromatic rings. The molecule has 1 saturated heterocycles. The summed E-state index contributed by atoms with van der Waals surface area (Å²) in [6.07, 6.45) is 13.6. The summed E-state index contributed by atoms with van der Waals surface area (Å²) in [5.41, 5.74) is 2.16. The summed E-state index contributed by atoms with van der Waals surface area (Å²) < 4.78 is 0. The Labute approximate surface area is 136 Å². The number of nitrogens with zero attached hydrogens (tertiary/aromatic N) is 1. The number of allylic oxidation sites excluding steroid dienone is 2. The van der Waals surface area contributed by atoms with Crippen molar-refractivity contribution in [2.75, 3.05) is 7.05 Å². The molecule has 7 unspecified atom stereocenters. The molecular weight excluding hydrogens is 266 g/mol. The Balaban J connectivity index is 1.71. The number of likely N-dealkylation sites (tertiary alicyclic amines) is 1. The van der Waals surface area contributed by atoms with E-state index in [0.717, 1.165) is 29.6 Å². The molecule has 1 aliphatic heterocycles. The Morgan fingerprint density at radius 2 is 1.91 bits per heavy atom. The molecule has 0 aromatic carbocycles. The minimum absolute atomic E-state index is 0.217. The summed E-state index contributed by atoms with van der Waals surface area (Å²) in [5.74, 6) is 4.46. The number of hydrogen-bond acceptors (Lipinski definition) is 1. The zero-order valence-electron chi connectivity index (χ0n) is 14.9. The second-order valence-electron chi connectivity index (χ2n) is 9.23. The zero-order chi connectivity index (χ0) is 15.7. The second-order valence-corrected chi connectivity index (χ2v) is 9.23. The number of likely N-dealkylation sites (N-methyl/N-ethyl adjacent to an activating group) is 1. The van der Waals surface area contributed by atoms with Crippen LogP contribution in [0.3, 0.4) is 0 Å². The van der Waals surface area contributed by atoms with E-state index in [0.29, 0.717) is 5.41 Å². The van der Waals surface area contributed by atoms with Gasteiger partial charge in [0.05, 0.1) is 5.54 Å². The molecule has 1 heteroatoms. The molecule has 3 fully saturated rings. The average molecular weight is 300 g/mol. The van der Waals surface area contributed by atoms with Crippen molar-refractivity contribution in [2.45, 2.75) is 64.8 Å². The highest BCUT2D eigenvalue weighted by atomic mass is 15.2. The predicted octanol–water partition coefficient (Wildman–Crippen LogP) is 5.25. The summed E-state index contributed by atoms with van der Waals surface area (Å²) in [5, 5.41) is 0. The monoisotopic (exact) mass is 299 g/mol. The fraction of sp³-hybridized carbons (Fsp3) is 0.810. The molecule has 1 heterocycles. The van der Waals surface area contributed by atoms with E-state index < -0.39 is 0 Å². The lowest BCUT2D eigenvalue weighted by atomic mass is 9.51. The topological polar surface area (TPSA) is 3.24 Å². The van der Waals surface area contributed by atoms with E-state index >= 15 is 0 Å². The minimum atomic E-state index is 0.217. The first-order chi connectivity index (χ1) is 10.4. The van der Waals surface area contributed by atoms with Crippen LogP contribution in [-0.2, 0) is 0 Å². The summed E-state index contributed by atoms with van der Waals surface area (Å²) in [7, 11) is 2.27. The third-order valence-corrected chi connectivity index (χ3v) is 8.72. The van der Waals surface area contributed by atoms with Gasteiger partial charge in [0.15, 0.2) is 0 Å². The molecule has 4 aliphatic rings. The van der Waals surface area contributed by atoms with Crippen LogP contribution in [-0.4, -0.2) is 17.5 Å². The van der Waals surface area contributed by atoms with Crippen LogP contribution in [0.25, 0.3) is 0 Å². The quantitative estimate of drug-likeness (QED) is 0.552. The van der Waals surface area contributed by atoms with E-state index in [1.165, 1.54) is 44.2 Å². The van der Waals surface area contributed by atoms with Crippen molar-refractivity contribution >= 4 is 0 Å². The molecule has 1 nitrogen and oxygen atoms in total. The maximum Gasteiger partial charge on any atom is 0.0581 e. The fourth-order valence-corrected chi connectivity index (χ4v) is 6.79. The van der Waals surface area contributed by atoms with Gasteiger partial charge in [-0.25, -0.2) is 0 Å². The third-order valence-electron chi connectivity index (χ3n) is 8.72. The maximum absolute atomic E-state index is 4.30.